The Labute approximate surface area is 184 Å². The lowest BCUT2D eigenvalue weighted by molar-refractivity contribution is -0.141. The Balaban J connectivity index is 1.64. The van der Waals surface area contributed by atoms with Crippen molar-refractivity contribution in [1.29, 1.82) is 0 Å². The van der Waals surface area contributed by atoms with Gasteiger partial charge in [0.25, 0.3) is 5.91 Å². The summed E-state index contributed by atoms with van der Waals surface area (Å²) in [5.41, 5.74) is 2.69. The highest BCUT2D eigenvalue weighted by atomic mass is 19.1. The number of carbonyl (C=O) groups excluding carboxylic acids is 2. The molecule has 0 saturated carbocycles. The maximum Gasteiger partial charge on any atom is 0.326 e. The molecule has 32 heavy (non-hydrogen) atoms. The van der Waals surface area contributed by atoms with E-state index in [9.17, 15) is 18.8 Å². The summed E-state index contributed by atoms with van der Waals surface area (Å²) < 4.78 is 13.6. The number of likely N-dealkylation sites (N-methyl/N-ethyl adjacent to an activating group) is 1. The van der Waals surface area contributed by atoms with Crippen molar-refractivity contribution in [2.75, 3.05) is 17.7 Å². The van der Waals surface area contributed by atoms with Gasteiger partial charge in [0, 0.05) is 18.3 Å². The van der Waals surface area contributed by atoms with Gasteiger partial charge in [0.15, 0.2) is 0 Å². The molecule has 3 aromatic carbocycles. The third kappa shape index (κ3) is 5.28. The first-order valence-corrected chi connectivity index (χ1v) is 9.79. The predicted molar refractivity (Wildman–Crippen MR) is 120 cm³/mol. The van der Waals surface area contributed by atoms with E-state index in [2.05, 4.69) is 10.6 Å². The summed E-state index contributed by atoms with van der Waals surface area (Å²) in [6.07, 6.45) is 0. The Morgan fingerprint density at radius 1 is 0.875 bits per heavy atom. The number of nitrogens with zero attached hydrogens (tertiary/aromatic N) is 1. The van der Waals surface area contributed by atoms with Crippen LogP contribution in [0.15, 0.2) is 72.8 Å². The van der Waals surface area contributed by atoms with Crippen molar-refractivity contribution in [2.24, 2.45) is 0 Å². The van der Waals surface area contributed by atoms with Crippen molar-refractivity contribution in [1.82, 2.24) is 4.90 Å². The van der Waals surface area contributed by atoms with Crippen molar-refractivity contribution in [3.63, 3.8) is 0 Å². The highest BCUT2D eigenvalue weighted by molar-refractivity contribution is 6.00. The van der Waals surface area contributed by atoms with Gasteiger partial charge >= 0.3 is 12.0 Å². The molecule has 7 nitrogen and oxygen atoms in total. The fraction of sp³-hybridized carbons (Fsp3) is 0.125. The van der Waals surface area contributed by atoms with Crippen molar-refractivity contribution < 1.29 is 23.9 Å². The fourth-order valence-electron chi connectivity index (χ4n) is 2.94. The molecule has 0 bridgehead atoms. The molecule has 0 aliphatic carbocycles. The van der Waals surface area contributed by atoms with Gasteiger partial charge in [-0.15, -0.1) is 0 Å². The third-order valence-corrected chi connectivity index (χ3v) is 4.99. The average Bonchev–Trinajstić information content (AvgIpc) is 2.79. The van der Waals surface area contributed by atoms with Gasteiger partial charge in [0.05, 0.1) is 5.69 Å². The first-order valence-electron chi connectivity index (χ1n) is 9.79. The third-order valence-electron chi connectivity index (χ3n) is 4.99. The molecule has 0 aliphatic rings. The number of amides is 3. The maximum absolute atomic E-state index is 13.6. The molecule has 0 fully saturated rings. The Morgan fingerprint density at radius 3 is 2.00 bits per heavy atom. The van der Waals surface area contributed by atoms with Crippen LogP contribution in [0.4, 0.5) is 20.6 Å². The van der Waals surface area contributed by atoms with Gasteiger partial charge in [0.1, 0.15) is 11.9 Å². The predicted octanol–water partition coefficient (Wildman–Crippen LogP) is 4.68. The molecule has 8 heteroatoms. The van der Waals surface area contributed by atoms with Crippen LogP contribution in [0.2, 0.25) is 0 Å². The molecule has 0 saturated heterocycles. The molecular formula is C24H22FN3O4. The minimum Gasteiger partial charge on any atom is -0.480 e. The summed E-state index contributed by atoms with van der Waals surface area (Å²) in [6, 6.07) is 18.2. The molecule has 0 radical (unpaired) electrons. The zero-order chi connectivity index (χ0) is 23.3. The number of halogens is 1. The number of anilines is 2. The minimum atomic E-state index is -1.08. The minimum absolute atomic E-state index is 0.0830. The van der Waals surface area contributed by atoms with E-state index in [-0.39, 0.29) is 11.6 Å². The number of nitrogens with one attached hydrogen (secondary N) is 2. The van der Waals surface area contributed by atoms with Crippen LogP contribution in [-0.4, -0.2) is 41.0 Å². The number of hydrogen-bond acceptors (Lipinski definition) is 3. The molecule has 3 amide bonds. The van der Waals surface area contributed by atoms with Crippen LogP contribution < -0.4 is 10.6 Å². The van der Waals surface area contributed by atoms with Crippen LogP contribution in [0, 0.1) is 5.82 Å². The zero-order valence-electron chi connectivity index (χ0n) is 17.5. The maximum atomic E-state index is 13.6. The second-order valence-electron chi connectivity index (χ2n) is 7.14. The van der Waals surface area contributed by atoms with Crippen LogP contribution in [0.1, 0.15) is 17.3 Å². The van der Waals surface area contributed by atoms with Crippen LogP contribution in [0.5, 0.6) is 0 Å². The van der Waals surface area contributed by atoms with Gasteiger partial charge < -0.3 is 20.6 Å². The van der Waals surface area contributed by atoms with Crippen LogP contribution in [0.3, 0.4) is 0 Å². The lowest BCUT2D eigenvalue weighted by Crippen LogP contribution is -2.40. The first kappa shape index (κ1) is 22.5. The van der Waals surface area contributed by atoms with E-state index in [1.54, 1.807) is 54.6 Å². The smallest absolute Gasteiger partial charge is 0.326 e. The molecule has 3 N–H and O–H groups in total. The number of carbonyl (C=O) groups is 3. The molecule has 3 aromatic rings. The Morgan fingerprint density at radius 2 is 1.44 bits per heavy atom. The van der Waals surface area contributed by atoms with E-state index >= 15 is 0 Å². The summed E-state index contributed by atoms with van der Waals surface area (Å²) in [4.78, 5) is 36.8. The van der Waals surface area contributed by atoms with Crippen LogP contribution in [0.25, 0.3) is 11.1 Å². The number of carboxylic acid groups (broad SMARTS) is 1. The Bertz CT molecular complexity index is 1130. The van der Waals surface area contributed by atoms with E-state index < -0.39 is 23.9 Å². The number of benzene rings is 3. The molecule has 0 aromatic heterocycles. The summed E-state index contributed by atoms with van der Waals surface area (Å²) in [5, 5.41) is 14.1. The van der Waals surface area contributed by atoms with E-state index in [1.165, 1.54) is 37.1 Å². The molecular weight excluding hydrogens is 413 g/mol. The quantitative estimate of drug-likeness (QED) is 0.523. The number of carboxylic acids is 1. The normalized spacial score (nSPS) is 11.3. The summed E-state index contributed by atoms with van der Waals surface area (Å²) in [6.45, 7) is 1.45. The van der Waals surface area contributed by atoms with Gasteiger partial charge in [-0.25, -0.2) is 14.0 Å². The molecule has 164 valence electrons. The molecule has 0 unspecified atom stereocenters. The summed E-state index contributed by atoms with van der Waals surface area (Å²) in [5.74, 6) is -1.98. The zero-order valence-corrected chi connectivity index (χ0v) is 17.5. The molecule has 3 rings (SSSR count). The van der Waals surface area contributed by atoms with Gasteiger partial charge in [0.2, 0.25) is 0 Å². The van der Waals surface area contributed by atoms with Crippen LogP contribution in [-0.2, 0) is 4.79 Å². The average molecular weight is 435 g/mol. The molecule has 0 aliphatic heterocycles. The SMILES string of the molecule is C[C@@H](C(=O)O)N(C)C(=O)c1ccc(-c2ccc(NC(=O)Nc3ccccc3F)cc2)cc1. The summed E-state index contributed by atoms with van der Waals surface area (Å²) >= 11 is 0. The number of aliphatic carboxylic acids is 1. The fourth-order valence-corrected chi connectivity index (χ4v) is 2.94. The van der Waals surface area contributed by atoms with E-state index in [4.69, 9.17) is 5.11 Å². The van der Waals surface area contributed by atoms with E-state index in [1.807, 2.05) is 0 Å². The topological polar surface area (TPSA) is 98.7 Å². The monoisotopic (exact) mass is 435 g/mol. The van der Waals surface area contributed by atoms with Gasteiger partial charge in [-0.3, -0.25) is 4.79 Å². The largest absolute Gasteiger partial charge is 0.480 e. The highest BCUT2D eigenvalue weighted by Crippen LogP contribution is 2.23. The van der Waals surface area contributed by atoms with Gasteiger partial charge in [-0.05, 0) is 54.4 Å². The van der Waals surface area contributed by atoms with Crippen molar-refractivity contribution in [2.45, 2.75) is 13.0 Å². The van der Waals surface area contributed by atoms with E-state index in [0.29, 0.717) is 11.3 Å². The number of urea groups is 1. The number of rotatable bonds is 6. The number of para-hydroxylation sites is 1. The number of hydrogen-bond donors (Lipinski definition) is 3. The second-order valence-corrected chi connectivity index (χ2v) is 7.14. The Hall–Kier alpha value is -4.20. The van der Waals surface area contributed by atoms with Crippen molar-refractivity contribution in [3.8, 4) is 11.1 Å². The van der Waals surface area contributed by atoms with Crippen LogP contribution >= 0.6 is 0 Å². The standard InChI is InChI=1S/C24H22FN3O4/c1-15(23(30)31)28(2)22(29)18-9-7-16(8-10-18)17-11-13-19(14-12-17)26-24(32)27-21-6-4-3-5-20(21)25/h3-15H,1-2H3,(H,30,31)(H2,26,27,32)/t15-/m0/s1. The molecule has 1 atom stereocenters. The van der Waals surface area contributed by atoms with Gasteiger partial charge in [-0.1, -0.05) is 36.4 Å². The van der Waals surface area contributed by atoms with Gasteiger partial charge in [-0.2, -0.15) is 0 Å². The van der Waals surface area contributed by atoms with E-state index in [0.717, 1.165) is 11.1 Å². The highest BCUT2D eigenvalue weighted by Gasteiger charge is 2.22. The lowest BCUT2D eigenvalue weighted by atomic mass is 10.0. The van der Waals surface area contributed by atoms with Crippen molar-refractivity contribution in [3.05, 3.63) is 84.2 Å². The summed E-state index contributed by atoms with van der Waals surface area (Å²) in [7, 11) is 1.45. The molecule has 0 heterocycles. The second kappa shape index (κ2) is 9.74. The lowest BCUT2D eigenvalue weighted by Gasteiger charge is -2.21. The first-order chi connectivity index (χ1) is 15.3. The van der Waals surface area contributed by atoms with Crippen molar-refractivity contribution >= 4 is 29.3 Å². The Kier molecular flexibility index (Phi) is 6.84. The molecule has 0 spiro atoms.